The molecule has 0 saturated carbocycles. The van der Waals surface area contributed by atoms with Crippen LogP contribution in [0.25, 0.3) is 6.08 Å². The number of hydrogen-bond donors (Lipinski definition) is 0. The Kier molecular flexibility index (Phi) is 4.51. The quantitative estimate of drug-likeness (QED) is 0.594. The largest absolute Gasteiger partial charge is 0.494 e. The van der Waals surface area contributed by atoms with Crippen molar-refractivity contribution in [1.29, 1.82) is 0 Å². The second kappa shape index (κ2) is 6.55. The van der Waals surface area contributed by atoms with Crippen molar-refractivity contribution in [2.75, 3.05) is 6.61 Å². The van der Waals surface area contributed by atoms with Crippen LogP contribution in [0, 0.1) is 0 Å². The molecule has 0 spiro atoms. The molecule has 0 amide bonds. The molecule has 0 radical (unpaired) electrons. The number of carbonyl (C=O) groups is 1. The third kappa shape index (κ3) is 3.81. The third-order valence-electron chi connectivity index (χ3n) is 2.68. The van der Waals surface area contributed by atoms with Gasteiger partial charge < -0.3 is 4.74 Å². The van der Waals surface area contributed by atoms with Crippen LogP contribution in [-0.2, 0) is 0 Å². The number of ketones is 1. The monoisotopic (exact) mass is 252 g/mol. The van der Waals surface area contributed by atoms with Crippen molar-refractivity contribution in [1.82, 2.24) is 0 Å². The molecular weight excluding hydrogens is 236 g/mol. The minimum absolute atomic E-state index is 0.00878. The summed E-state index contributed by atoms with van der Waals surface area (Å²) in [6, 6.07) is 16.9. The van der Waals surface area contributed by atoms with Gasteiger partial charge in [-0.3, -0.25) is 4.79 Å². The van der Waals surface area contributed by atoms with Gasteiger partial charge in [0.15, 0.2) is 5.78 Å². The molecule has 2 nitrogen and oxygen atoms in total. The van der Waals surface area contributed by atoms with Gasteiger partial charge in [-0.15, -0.1) is 0 Å². The Morgan fingerprint density at radius 1 is 1.05 bits per heavy atom. The Balaban J connectivity index is 2.04. The Bertz CT molecular complexity index is 554. The van der Waals surface area contributed by atoms with E-state index in [1.54, 1.807) is 6.08 Å². The first kappa shape index (κ1) is 13.1. The first-order chi connectivity index (χ1) is 9.29. The van der Waals surface area contributed by atoms with Gasteiger partial charge >= 0.3 is 0 Å². The fourth-order valence-corrected chi connectivity index (χ4v) is 1.71. The van der Waals surface area contributed by atoms with Crippen LogP contribution in [0.15, 0.2) is 60.7 Å². The van der Waals surface area contributed by atoms with Gasteiger partial charge in [-0.05, 0) is 30.7 Å². The molecule has 0 heterocycles. The SMILES string of the molecule is CCOc1ccc(/C=C/C(=O)c2ccccc2)cc1. The standard InChI is InChI=1S/C17H16O2/c1-2-19-16-11-8-14(9-12-16)10-13-17(18)15-6-4-3-5-7-15/h3-13H,2H2,1H3/b13-10+. The van der Waals surface area contributed by atoms with E-state index in [1.165, 1.54) is 0 Å². The lowest BCUT2D eigenvalue weighted by Gasteiger charge is -2.02. The van der Waals surface area contributed by atoms with E-state index in [0.29, 0.717) is 12.2 Å². The number of rotatable bonds is 5. The zero-order valence-electron chi connectivity index (χ0n) is 10.9. The van der Waals surface area contributed by atoms with Crippen molar-refractivity contribution in [2.24, 2.45) is 0 Å². The second-order valence-electron chi connectivity index (χ2n) is 4.07. The molecule has 96 valence electrons. The van der Waals surface area contributed by atoms with Gasteiger partial charge in [-0.1, -0.05) is 48.5 Å². The molecule has 2 heteroatoms. The van der Waals surface area contributed by atoms with Crippen LogP contribution in [0.2, 0.25) is 0 Å². The highest BCUT2D eigenvalue weighted by Gasteiger charge is 1.99. The predicted molar refractivity (Wildman–Crippen MR) is 77.4 cm³/mol. The summed E-state index contributed by atoms with van der Waals surface area (Å²) >= 11 is 0. The third-order valence-corrected chi connectivity index (χ3v) is 2.68. The van der Waals surface area contributed by atoms with E-state index in [4.69, 9.17) is 4.74 Å². The van der Waals surface area contributed by atoms with Crippen LogP contribution in [0.1, 0.15) is 22.8 Å². The summed E-state index contributed by atoms with van der Waals surface area (Å²) in [6.07, 6.45) is 3.40. The van der Waals surface area contributed by atoms with E-state index in [2.05, 4.69) is 0 Å². The van der Waals surface area contributed by atoms with Crippen LogP contribution >= 0.6 is 0 Å². The lowest BCUT2D eigenvalue weighted by Crippen LogP contribution is -1.93. The van der Waals surface area contributed by atoms with Crippen LogP contribution in [-0.4, -0.2) is 12.4 Å². The van der Waals surface area contributed by atoms with E-state index >= 15 is 0 Å². The topological polar surface area (TPSA) is 26.3 Å². The van der Waals surface area contributed by atoms with Gasteiger partial charge in [0, 0.05) is 5.56 Å². The van der Waals surface area contributed by atoms with Gasteiger partial charge in [0.2, 0.25) is 0 Å². The van der Waals surface area contributed by atoms with Gasteiger partial charge in [-0.25, -0.2) is 0 Å². The number of carbonyl (C=O) groups excluding carboxylic acids is 1. The zero-order valence-corrected chi connectivity index (χ0v) is 10.9. The Morgan fingerprint density at radius 2 is 1.74 bits per heavy atom. The molecule has 2 rings (SSSR count). The first-order valence-corrected chi connectivity index (χ1v) is 6.30. The summed E-state index contributed by atoms with van der Waals surface area (Å²) < 4.78 is 5.36. The van der Waals surface area contributed by atoms with Crippen LogP contribution in [0.3, 0.4) is 0 Å². The van der Waals surface area contributed by atoms with E-state index < -0.39 is 0 Å². The second-order valence-corrected chi connectivity index (χ2v) is 4.07. The summed E-state index contributed by atoms with van der Waals surface area (Å²) in [5.74, 6) is 0.850. The molecule has 0 fully saturated rings. The van der Waals surface area contributed by atoms with Crippen molar-refractivity contribution < 1.29 is 9.53 Å². The molecule has 0 unspecified atom stereocenters. The maximum Gasteiger partial charge on any atom is 0.185 e. The van der Waals surface area contributed by atoms with Gasteiger partial charge in [0.25, 0.3) is 0 Å². The van der Waals surface area contributed by atoms with Crippen LogP contribution in [0.5, 0.6) is 5.75 Å². The molecular formula is C17H16O2. The molecule has 0 aromatic heterocycles. The van der Waals surface area contributed by atoms with Crippen molar-refractivity contribution in [3.8, 4) is 5.75 Å². The average Bonchev–Trinajstić information content (AvgIpc) is 2.47. The van der Waals surface area contributed by atoms with E-state index in [-0.39, 0.29) is 5.78 Å². The number of benzene rings is 2. The van der Waals surface area contributed by atoms with Crippen molar-refractivity contribution in [3.05, 3.63) is 71.8 Å². The molecule has 0 aliphatic carbocycles. The average molecular weight is 252 g/mol. The van der Waals surface area contributed by atoms with Crippen LogP contribution < -0.4 is 4.74 Å². The molecule has 19 heavy (non-hydrogen) atoms. The molecule has 0 bridgehead atoms. The van der Waals surface area contributed by atoms with Crippen LogP contribution in [0.4, 0.5) is 0 Å². The zero-order chi connectivity index (χ0) is 13.5. The summed E-state index contributed by atoms with van der Waals surface area (Å²) in [4.78, 5) is 11.9. The predicted octanol–water partition coefficient (Wildman–Crippen LogP) is 3.98. The van der Waals surface area contributed by atoms with Crippen molar-refractivity contribution >= 4 is 11.9 Å². The molecule has 0 aliphatic heterocycles. The number of allylic oxidation sites excluding steroid dienone is 1. The van der Waals surface area contributed by atoms with E-state index in [1.807, 2.05) is 67.6 Å². The maximum atomic E-state index is 11.9. The summed E-state index contributed by atoms with van der Waals surface area (Å²) in [6.45, 7) is 2.61. The maximum absolute atomic E-state index is 11.9. The fraction of sp³-hybridized carbons (Fsp3) is 0.118. The van der Waals surface area contributed by atoms with Gasteiger partial charge in [-0.2, -0.15) is 0 Å². The molecule has 0 saturated heterocycles. The fourth-order valence-electron chi connectivity index (χ4n) is 1.71. The highest BCUT2D eigenvalue weighted by Crippen LogP contribution is 2.13. The van der Waals surface area contributed by atoms with E-state index in [0.717, 1.165) is 11.3 Å². The Morgan fingerprint density at radius 3 is 2.37 bits per heavy atom. The van der Waals surface area contributed by atoms with E-state index in [9.17, 15) is 4.79 Å². The lowest BCUT2D eigenvalue weighted by atomic mass is 10.1. The van der Waals surface area contributed by atoms with Gasteiger partial charge in [0.1, 0.15) is 5.75 Å². The highest BCUT2D eigenvalue weighted by atomic mass is 16.5. The minimum atomic E-state index is 0.00878. The molecule has 2 aromatic carbocycles. The minimum Gasteiger partial charge on any atom is -0.494 e. The molecule has 0 atom stereocenters. The Hall–Kier alpha value is -2.35. The highest BCUT2D eigenvalue weighted by molar-refractivity contribution is 6.06. The normalized spacial score (nSPS) is 10.6. The summed E-state index contributed by atoms with van der Waals surface area (Å²) in [5, 5.41) is 0. The lowest BCUT2D eigenvalue weighted by molar-refractivity contribution is 0.104. The molecule has 0 N–H and O–H groups in total. The molecule has 0 aliphatic rings. The summed E-state index contributed by atoms with van der Waals surface area (Å²) in [5.41, 5.74) is 1.68. The van der Waals surface area contributed by atoms with Gasteiger partial charge in [0.05, 0.1) is 6.61 Å². The van der Waals surface area contributed by atoms with Crippen molar-refractivity contribution in [3.63, 3.8) is 0 Å². The number of ether oxygens (including phenoxy) is 1. The van der Waals surface area contributed by atoms with Crippen molar-refractivity contribution in [2.45, 2.75) is 6.92 Å². The molecule has 2 aromatic rings. The summed E-state index contributed by atoms with van der Waals surface area (Å²) in [7, 11) is 0. The first-order valence-electron chi connectivity index (χ1n) is 6.30. The number of hydrogen-bond acceptors (Lipinski definition) is 2. The smallest absolute Gasteiger partial charge is 0.185 e. The Labute approximate surface area is 113 Å².